The summed E-state index contributed by atoms with van der Waals surface area (Å²) >= 11 is 5.04. The molecule has 0 spiro atoms. The molecule has 0 aromatic carbocycles. The number of amides is 1. The summed E-state index contributed by atoms with van der Waals surface area (Å²) in [5, 5.41) is 2.83. The molecule has 0 atom stereocenters. The number of H-pyrrole nitrogens is 1. The number of nitrogens with one attached hydrogen (secondary N) is 2. The molecular weight excluding hydrogens is 234 g/mol. The van der Waals surface area contributed by atoms with Gasteiger partial charge in [0.2, 0.25) is 0 Å². The predicted molar refractivity (Wildman–Crippen MR) is 68.4 cm³/mol. The van der Waals surface area contributed by atoms with E-state index in [0.717, 1.165) is 6.54 Å². The zero-order chi connectivity index (χ0) is 12.1. The number of aromatic amines is 1. The highest BCUT2D eigenvalue weighted by molar-refractivity contribution is 7.71. The number of hydrogen-bond donors (Lipinski definition) is 2. The third-order valence-corrected chi connectivity index (χ3v) is 2.72. The molecule has 5 heteroatoms. The van der Waals surface area contributed by atoms with Gasteiger partial charge in [0, 0.05) is 31.7 Å². The molecule has 0 fully saturated rings. The summed E-state index contributed by atoms with van der Waals surface area (Å²) in [5.74, 6) is -0.140. The first-order valence-electron chi connectivity index (χ1n) is 5.34. The van der Waals surface area contributed by atoms with Crippen molar-refractivity contribution in [2.45, 2.75) is 6.54 Å². The van der Waals surface area contributed by atoms with Crippen LogP contribution in [0, 0.1) is 4.64 Å². The summed E-state index contributed by atoms with van der Waals surface area (Å²) in [4.78, 5) is 14.6. The molecule has 4 nitrogen and oxygen atoms in total. The van der Waals surface area contributed by atoms with Crippen molar-refractivity contribution < 1.29 is 4.79 Å². The molecule has 2 aromatic rings. The predicted octanol–water partition coefficient (Wildman–Crippen LogP) is 1.98. The zero-order valence-corrected chi connectivity index (χ0v) is 10.0. The van der Waals surface area contributed by atoms with Gasteiger partial charge < -0.3 is 14.9 Å². The average molecular weight is 247 g/mol. The number of aromatic nitrogens is 2. The first-order chi connectivity index (χ1) is 8.27. The van der Waals surface area contributed by atoms with Gasteiger partial charge in [-0.3, -0.25) is 4.79 Å². The lowest BCUT2D eigenvalue weighted by Crippen LogP contribution is -2.27. The molecule has 0 saturated carbocycles. The fraction of sp³-hybridized carbons (Fsp3) is 0.167. The SMILES string of the molecule is O=C(NCCn1cccc1)c1ccc[nH]c1=S. The second-order valence-electron chi connectivity index (χ2n) is 3.59. The molecule has 2 heterocycles. The first-order valence-corrected chi connectivity index (χ1v) is 5.75. The van der Waals surface area contributed by atoms with Gasteiger partial charge in [0.1, 0.15) is 4.64 Å². The maximum absolute atomic E-state index is 11.8. The van der Waals surface area contributed by atoms with Crippen molar-refractivity contribution in [1.82, 2.24) is 14.9 Å². The molecule has 1 amide bonds. The Hall–Kier alpha value is -1.88. The van der Waals surface area contributed by atoms with E-state index in [0.29, 0.717) is 16.7 Å². The Labute approximate surface area is 104 Å². The van der Waals surface area contributed by atoms with Crippen molar-refractivity contribution in [3.63, 3.8) is 0 Å². The van der Waals surface area contributed by atoms with Gasteiger partial charge in [-0.25, -0.2) is 0 Å². The molecule has 2 rings (SSSR count). The van der Waals surface area contributed by atoms with Crippen molar-refractivity contribution in [2.75, 3.05) is 6.54 Å². The van der Waals surface area contributed by atoms with E-state index in [2.05, 4.69) is 10.3 Å². The molecule has 0 saturated heterocycles. The summed E-state index contributed by atoms with van der Waals surface area (Å²) < 4.78 is 2.47. The number of pyridine rings is 1. The fourth-order valence-electron chi connectivity index (χ4n) is 1.51. The average Bonchev–Trinajstić information content (AvgIpc) is 2.82. The van der Waals surface area contributed by atoms with E-state index in [1.54, 1.807) is 18.3 Å². The van der Waals surface area contributed by atoms with Crippen LogP contribution in [0.15, 0.2) is 42.9 Å². The second kappa shape index (κ2) is 5.45. The van der Waals surface area contributed by atoms with E-state index in [-0.39, 0.29) is 5.91 Å². The zero-order valence-electron chi connectivity index (χ0n) is 9.22. The minimum Gasteiger partial charge on any atom is -0.353 e. The van der Waals surface area contributed by atoms with Crippen LogP contribution in [-0.4, -0.2) is 22.0 Å². The molecule has 0 aliphatic carbocycles. The normalized spacial score (nSPS) is 10.1. The van der Waals surface area contributed by atoms with E-state index in [1.165, 1.54) is 0 Å². The minimum atomic E-state index is -0.140. The van der Waals surface area contributed by atoms with Gasteiger partial charge in [0.05, 0.1) is 5.56 Å². The highest BCUT2D eigenvalue weighted by Crippen LogP contribution is 1.99. The van der Waals surface area contributed by atoms with Gasteiger partial charge in [0.15, 0.2) is 0 Å². The molecule has 17 heavy (non-hydrogen) atoms. The van der Waals surface area contributed by atoms with Crippen LogP contribution in [0.25, 0.3) is 0 Å². The lowest BCUT2D eigenvalue weighted by Gasteiger charge is -2.06. The molecule has 88 valence electrons. The Morgan fingerprint density at radius 2 is 2.12 bits per heavy atom. The van der Waals surface area contributed by atoms with Gasteiger partial charge in [-0.2, -0.15) is 0 Å². The van der Waals surface area contributed by atoms with Crippen LogP contribution in [0.2, 0.25) is 0 Å². The molecule has 2 aromatic heterocycles. The lowest BCUT2D eigenvalue weighted by molar-refractivity contribution is 0.0951. The van der Waals surface area contributed by atoms with Crippen LogP contribution in [0.3, 0.4) is 0 Å². The minimum absolute atomic E-state index is 0.140. The third kappa shape index (κ3) is 3.04. The monoisotopic (exact) mass is 247 g/mol. The fourth-order valence-corrected chi connectivity index (χ4v) is 1.74. The highest BCUT2D eigenvalue weighted by atomic mass is 32.1. The van der Waals surface area contributed by atoms with Crippen molar-refractivity contribution in [3.05, 3.63) is 53.1 Å². The van der Waals surface area contributed by atoms with Gasteiger partial charge in [-0.15, -0.1) is 0 Å². The second-order valence-corrected chi connectivity index (χ2v) is 4.00. The third-order valence-electron chi connectivity index (χ3n) is 2.38. The number of rotatable bonds is 4. The van der Waals surface area contributed by atoms with Gasteiger partial charge in [-0.05, 0) is 24.3 Å². The number of carbonyl (C=O) groups excluding carboxylic acids is 1. The highest BCUT2D eigenvalue weighted by Gasteiger charge is 2.05. The van der Waals surface area contributed by atoms with Crippen LogP contribution in [-0.2, 0) is 6.54 Å². The maximum atomic E-state index is 11.8. The summed E-state index contributed by atoms with van der Waals surface area (Å²) in [6.07, 6.45) is 5.63. The van der Waals surface area contributed by atoms with Crippen LogP contribution in [0.5, 0.6) is 0 Å². The Morgan fingerprint density at radius 3 is 2.82 bits per heavy atom. The van der Waals surface area contributed by atoms with E-state index in [1.807, 2.05) is 29.1 Å². The smallest absolute Gasteiger partial charge is 0.254 e. The number of carbonyl (C=O) groups is 1. The Balaban J connectivity index is 1.90. The van der Waals surface area contributed by atoms with E-state index in [9.17, 15) is 4.79 Å². The van der Waals surface area contributed by atoms with E-state index >= 15 is 0 Å². The van der Waals surface area contributed by atoms with Crippen LogP contribution in [0.1, 0.15) is 10.4 Å². The van der Waals surface area contributed by atoms with Crippen molar-refractivity contribution in [1.29, 1.82) is 0 Å². The van der Waals surface area contributed by atoms with Crippen LogP contribution < -0.4 is 5.32 Å². The van der Waals surface area contributed by atoms with Crippen molar-refractivity contribution in [2.24, 2.45) is 0 Å². The number of hydrogen-bond acceptors (Lipinski definition) is 2. The number of nitrogens with zero attached hydrogens (tertiary/aromatic N) is 1. The van der Waals surface area contributed by atoms with Gasteiger partial charge in [0.25, 0.3) is 5.91 Å². The molecule has 0 aliphatic heterocycles. The summed E-state index contributed by atoms with van der Waals surface area (Å²) in [7, 11) is 0. The summed E-state index contributed by atoms with van der Waals surface area (Å²) in [5.41, 5.74) is 0.509. The topological polar surface area (TPSA) is 49.8 Å². The Bertz CT molecular complexity index is 545. The van der Waals surface area contributed by atoms with Gasteiger partial charge in [-0.1, -0.05) is 12.2 Å². The molecular formula is C12H13N3OS. The molecule has 2 N–H and O–H groups in total. The van der Waals surface area contributed by atoms with Crippen molar-refractivity contribution >= 4 is 18.1 Å². The lowest BCUT2D eigenvalue weighted by atomic mass is 10.3. The molecule has 0 unspecified atom stereocenters. The van der Waals surface area contributed by atoms with Crippen LogP contribution >= 0.6 is 12.2 Å². The maximum Gasteiger partial charge on any atom is 0.254 e. The van der Waals surface area contributed by atoms with Gasteiger partial charge >= 0.3 is 0 Å². The standard InChI is InChI=1S/C12H13N3OS/c16-11(10-4-3-5-14-12(10)17)13-6-9-15-7-1-2-8-15/h1-5,7-8H,6,9H2,(H,13,16)(H,14,17). The molecule has 0 radical (unpaired) electrons. The Morgan fingerprint density at radius 1 is 1.35 bits per heavy atom. The van der Waals surface area contributed by atoms with E-state index in [4.69, 9.17) is 12.2 Å². The summed E-state index contributed by atoms with van der Waals surface area (Å²) in [6.45, 7) is 1.33. The molecule has 0 aliphatic rings. The Kier molecular flexibility index (Phi) is 3.72. The summed E-state index contributed by atoms with van der Waals surface area (Å²) in [6, 6.07) is 7.38. The van der Waals surface area contributed by atoms with Crippen molar-refractivity contribution in [3.8, 4) is 0 Å². The molecule has 0 bridgehead atoms. The van der Waals surface area contributed by atoms with E-state index < -0.39 is 0 Å². The largest absolute Gasteiger partial charge is 0.353 e. The first kappa shape index (κ1) is 11.6. The van der Waals surface area contributed by atoms with Crippen LogP contribution in [0.4, 0.5) is 0 Å². The quantitative estimate of drug-likeness (QED) is 0.812.